The molecule has 0 aliphatic carbocycles. The monoisotopic (exact) mass is 262 g/mol. The van der Waals surface area contributed by atoms with Crippen molar-refractivity contribution in [2.75, 3.05) is 7.11 Å². The Hall–Kier alpha value is -2.00. The Morgan fingerprint density at radius 3 is 2.56 bits per heavy atom. The first-order valence-corrected chi connectivity index (χ1v) is 5.67. The average Bonchev–Trinajstić information content (AvgIpc) is 2.37. The summed E-state index contributed by atoms with van der Waals surface area (Å²) in [7, 11) is 1.45. The van der Waals surface area contributed by atoms with Crippen molar-refractivity contribution in [2.24, 2.45) is 0 Å². The molecule has 2 aromatic rings. The van der Waals surface area contributed by atoms with Crippen LogP contribution in [0.4, 0.5) is 0 Å². The maximum atomic E-state index is 11.1. The molecule has 0 saturated carbocycles. The first-order valence-electron chi connectivity index (χ1n) is 5.29. The van der Waals surface area contributed by atoms with E-state index < -0.39 is 5.97 Å². The Morgan fingerprint density at radius 1 is 1.22 bits per heavy atom. The van der Waals surface area contributed by atoms with Gasteiger partial charge in [-0.1, -0.05) is 35.9 Å². The van der Waals surface area contributed by atoms with Gasteiger partial charge in [0.2, 0.25) is 0 Å². The highest BCUT2D eigenvalue weighted by Crippen LogP contribution is 2.34. The van der Waals surface area contributed by atoms with Gasteiger partial charge in [0.15, 0.2) is 0 Å². The third-order valence-electron chi connectivity index (χ3n) is 2.59. The lowest BCUT2D eigenvalue weighted by molar-refractivity contribution is 0.0693. The molecule has 0 aliphatic rings. The zero-order chi connectivity index (χ0) is 13.1. The second-order valence-electron chi connectivity index (χ2n) is 3.70. The summed E-state index contributed by atoms with van der Waals surface area (Å²) in [4.78, 5) is 11.1. The molecule has 3 nitrogen and oxygen atoms in total. The number of methoxy groups -OCH3 is 1. The minimum absolute atomic E-state index is 0.134. The number of hydrogen-bond donors (Lipinski definition) is 1. The molecular weight excluding hydrogens is 252 g/mol. The largest absolute Gasteiger partial charge is 0.495 e. The number of carboxylic acids is 1. The van der Waals surface area contributed by atoms with Gasteiger partial charge in [-0.25, -0.2) is 4.79 Å². The molecule has 0 bridgehead atoms. The Kier molecular flexibility index (Phi) is 3.53. The molecule has 0 heterocycles. The number of para-hydroxylation sites is 1. The predicted octanol–water partition coefficient (Wildman–Crippen LogP) is 3.71. The van der Waals surface area contributed by atoms with Crippen LogP contribution in [0.3, 0.4) is 0 Å². The quantitative estimate of drug-likeness (QED) is 0.917. The van der Waals surface area contributed by atoms with E-state index in [-0.39, 0.29) is 5.56 Å². The van der Waals surface area contributed by atoms with Gasteiger partial charge in [0.05, 0.1) is 7.11 Å². The molecule has 0 amide bonds. The maximum absolute atomic E-state index is 11.1. The van der Waals surface area contributed by atoms with Crippen molar-refractivity contribution in [3.05, 3.63) is 53.1 Å². The van der Waals surface area contributed by atoms with Gasteiger partial charge in [0.1, 0.15) is 11.3 Å². The summed E-state index contributed by atoms with van der Waals surface area (Å²) in [5.74, 6) is -0.678. The lowest BCUT2D eigenvalue weighted by Gasteiger charge is -2.11. The van der Waals surface area contributed by atoms with Crippen LogP contribution in [-0.4, -0.2) is 18.2 Å². The lowest BCUT2D eigenvalue weighted by Crippen LogP contribution is -2.01. The minimum Gasteiger partial charge on any atom is -0.495 e. The van der Waals surface area contributed by atoms with E-state index in [2.05, 4.69) is 0 Å². The Labute approximate surface area is 110 Å². The molecule has 1 N–H and O–H groups in total. The van der Waals surface area contributed by atoms with Gasteiger partial charge >= 0.3 is 5.97 Å². The third-order valence-corrected chi connectivity index (χ3v) is 2.82. The fraction of sp³-hybridized carbons (Fsp3) is 0.0714. The van der Waals surface area contributed by atoms with Gasteiger partial charge in [-0.2, -0.15) is 0 Å². The molecule has 4 heteroatoms. The predicted molar refractivity (Wildman–Crippen MR) is 70.4 cm³/mol. The molecule has 18 heavy (non-hydrogen) atoms. The van der Waals surface area contributed by atoms with E-state index in [0.717, 1.165) is 5.56 Å². The van der Waals surface area contributed by atoms with Gasteiger partial charge in [-0.3, -0.25) is 0 Å². The zero-order valence-corrected chi connectivity index (χ0v) is 10.4. The molecular formula is C14H11ClO3. The third kappa shape index (κ3) is 2.31. The number of hydrogen-bond acceptors (Lipinski definition) is 2. The fourth-order valence-electron chi connectivity index (χ4n) is 1.81. The second-order valence-corrected chi connectivity index (χ2v) is 4.14. The second kappa shape index (κ2) is 5.10. The van der Waals surface area contributed by atoms with Crippen LogP contribution in [0.1, 0.15) is 10.4 Å². The van der Waals surface area contributed by atoms with E-state index in [1.54, 1.807) is 24.3 Å². The highest BCUT2D eigenvalue weighted by molar-refractivity contribution is 6.30. The Balaban J connectivity index is 2.64. The van der Waals surface area contributed by atoms with Gasteiger partial charge in [-0.15, -0.1) is 0 Å². The smallest absolute Gasteiger partial charge is 0.339 e. The summed E-state index contributed by atoms with van der Waals surface area (Å²) in [6.45, 7) is 0. The first-order chi connectivity index (χ1) is 8.63. The standard InChI is InChI=1S/C14H11ClO3/c1-18-13-11(6-3-7-12(13)14(16)17)9-4-2-5-10(15)8-9/h2-8H,1H3,(H,16,17). The summed E-state index contributed by atoms with van der Waals surface area (Å²) in [6.07, 6.45) is 0. The minimum atomic E-state index is -1.02. The van der Waals surface area contributed by atoms with E-state index in [9.17, 15) is 4.79 Å². The molecule has 0 unspecified atom stereocenters. The molecule has 0 fully saturated rings. The summed E-state index contributed by atoms with van der Waals surface area (Å²) in [6, 6.07) is 12.2. The molecule has 0 atom stereocenters. The van der Waals surface area contributed by atoms with Gasteiger partial charge < -0.3 is 9.84 Å². The van der Waals surface area contributed by atoms with Crippen LogP contribution < -0.4 is 4.74 Å². The SMILES string of the molecule is COc1c(C(=O)O)cccc1-c1cccc(Cl)c1. The molecule has 0 aromatic heterocycles. The lowest BCUT2D eigenvalue weighted by atomic mass is 10.0. The highest BCUT2D eigenvalue weighted by atomic mass is 35.5. The van der Waals surface area contributed by atoms with Crippen LogP contribution >= 0.6 is 11.6 Å². The van der Waals surface area contributed by atoms with Crippen LogP contribution in [0.2, 0.25) is 5.02 Å². The van der Waals surface area contributed by atoms with Gasteiger partial charge in [-0.05, 0) is 23.8 Å². The summed E-state index contributed by atoms with van der Waals surface area (Å²) < 4.78 is 5.21. The Morgan fingerprint density at radius 2 is 1.94 bits per heavy atom. The topological polar surface area (TPSA) is 46.5 Å². The number of carboxylic acid groups (broad SMARTS) is 1. The molecule has 0 saturated heterocycles. The number of benzene rings is 2. The van der Waals surface area contributed by atoms with E-state index in [1.807, 2.05) is 12.1 Å². The zero-order valence-electron chi connectivity index (χ0n) is 9.68. The van der Waals surface area contributed by atoms with Crippen LogP contribution in [0.5, 0.6) is 5.75 Å². The van der Waals surface area contributed by atoms with Crippen molar-refractivity contribution in [1.29, 1.82) is 0 Å². The van der Waals surface area contributed by atoms with Crippen LogP contribution in [0.25, 0.3) is 11.1 Å². The highest BCUT2D eigenvalue weighted by Gasteiger charge is 2.15. The summed E-state index contributed by atoms with van der Waals surface area (Å²) in [5.41, 5.74) is 1.66. The van der Waals surface area contributed by atoms with Gasteiger partial charge in [0.25, 0.3) is 0 Å². The van der Waals surface area contributed by atoms with Crippen molar-refractivity contribution in [3.8, 4) is 16.9 Å². The molecule has 92 valence electrons. The van der Waals surface area contributed by atoms with Crippen LogP contribution in [0.15, 0.2) is 42.5 Å². The average molecular weight is 263 g/mol. The molecule has 0 spiro atoms. The van der Waals surface area contributed by atoms with E-state index in [1.165, 1.54) is 13.2 Å². The van der Waals surface area contributed by atoms with E-state index in [4.69, 9.17) is 21.4 Å². The van der Waals surface area contributed by atoms with Crippen LogP contribution in [-0.2, 0) is 0 Å². The maximum Gasteiger partial charge on any atom is 0.339 e. The number of ether oxygens (including phenoxy) is 1. The first kappa shape index (κ1) is 12.5. The fourth-order valence-corrected chi connectivity index (χ4v) is 2.00. The number of aromatic carboxylic acids is 1. The number of halogens is 1. The van der Waals surface area contributed by atoms with E-state index in [0.29, 0.717) is 16.3 Å². The van der Waals surface area contributed by atoms with Crippen molar-refractivity contribution in [3.63, 3.8) is 0 Å². The molecule has 2 aromatic carbocycles. The Bertz CT molecular complexity index is 593. The normalized spacial score (nSPS) is 10.1. The number of rotatable bonds is 3. The van der Waals surface area contributed by atoms with Crippen molar-refractivity contribution < 1.29 is 14.6 Å². The van der Waals surface area contributed by atoms with Crippen molar-refractivity contribution in [2.45, 2.75) is 0 Å². The van der Waals surface area contributed by atoms with E-state index >= 15 is 0 Å². The molecule has 0 aliphatic heterocycles. The van der Waals surface area contributed by atoms with Crippen LogP contribution in [0, 0.1) is 0 Å². The van der Waals surface area contributed by atoms with Crippen molar-refractivity contribution >= 4 is 17.6 Å². The van der Waals surface area contributed by atoms with Crippen molar-refractivity contribution in [1.82, 2.24) is 0 Å². The molecule has 2 rings (SSSR count). The summed E-state index contributed by atoms with van der Waals surface area (Å²) >= 11 is 5.94. The van der Waals surface area contributed by atoms with Gasteiger partial charge in [0, 0.05) is 10.6 Å². The number of carbonyl (C=O) groups is 1. The summed E-state index contributed by atoms with van der Waals surface area (Å²) in [5, 5.41) is 9.71. The molecule has 0 radical (unpaired) electrons.